The number of nitrogens with one attached hydrogen (secondary N) is 1. The number of benzene rings is 3. The molecule has 1 amide bonds. The smallest absolute Gasteiger partial charge is 0.248 e. The predicted molar refractivity (Wildman–Crippen MR) is 134 cm³/mol. The summed E-state index contributed by atoms with van der Waals surface area (Å²) in [5.74, 6) is 0.222. The molecule has 1 aromatic heterocycles. The molecule has 7 nitrogen and oxygen atoms in total. The Kier molecular flexibility index (Phi) is 6.90. The van der Waals surface area contributed by atoms with E-state index in [2.05, 4.69) is 10.3 Å². The number of rotatable bonds is 8. The van der Waals surface area contributed by atoms with Crippen LogP contribution in [0.5, 0.6) is 0 Å². The Morgan fingerprint density at radius 1 is 0.971 bits per heavy atom. The summed E-state index contributed by atoms with van der Waals surface area (Å²) < 4.78 is 32.3. The van der Waals surface area contributed by atoms with Gasteiger partial charge in [0.2, 0.25) is 21.8 Å². The van der Waals surface area contributed by atoms with Crippen LogP contribution in [0.15, 0.2) is 88.2 Å². The van der Waals surface area contributed by atoms with Gasteiger partial charge in [-0.3, -0.25) is 4.79 Å². The lowest BCUT2D eigenvalue weighted by Gasteiger charge is -2.18. The SMILES string of the molecule is CCN(CC)S(=O)(=O)c1ccc(/C=C/C(=O)Nc2ccc(-c3nc4ccccc4o3)cc2)cc1. The number of para-hydroxylation sites is 2. The average Bonchev–Trinajstić information content (AvgIpc) is 3.28. The zero-order valence-electron chi connectivity index (χ0n) is 18.9. The van der Waals surface area contributed by atoms with E-state index in [4.69, 9.17) is 4.42 Å². The van der Waals surface area contributed by atoms with Crippen molar-refractivity contribution >= 4 is 38.8 Å². The van der Waals surface area contributed by atoms with Crippen LogP contribution < -0.4 is 5.32 Å². The van der Waals surface area contributed by atoms with Crippen molar-refractivity contribution in [1.82, 2.24) is 9.29 Å². The fourth-order valence-corrected chi connectivity index (χ4v) is 4.97. The lowest BCUT2D eigenvalue weighted by Crippen LogP contribution is -2.30. The third-order valence-corrected chi connectivity index (χ3v) is 7.41. The van der Waals surface area contributed by atoms with Crippen molar-refractivity contribution in [3.63, 3.8) is 0 Å². The van der Waals surface area contributed by atoms with E-state index in [1.54, 1.807) is 56.3 Å². The number of carbonyl (C=O) groups is 1. The maximum absolute atomic E-state index is 12.6. The van der Waals surface area contributed by atoms with Crippen LogP contribution in [0, 0.1) is 0 Å². The van der Waals surface area contributed by atoms with E-state index >= 15 is 0 Å². The zero-order chi connectivity index (χ0) is 24.1. The molecular weight excluding hydrogens is 450 g/mol. The van der Waals surface area contributed by atoms with Crippen molar-refractivity contribution < 1.29 is 17.6 Å². The molecule has 0 saturated heterocycles. The molecule has 8 heteroatoms. The van der Waals surface area contributed by atoms with E-state index in [9.17, 15) is 13.2 Å². The van der Waals surface area contributed by atoms with E-state index in [0.29, 0.717) is 24.7 Å². The Labute approximate surface area is 198 Å². The van der Waals surface area contributed by atoms with Gasteiger partial charge in [-0.15, -0.1) is 0 Å². The fourth-order valence-electron chi connectivity index (χ4n) is 3.51. The Hall–Kier alpha value is -3.75. The average molecular weight is 476 g/mol. The molecule has 0 aliphatic rings. The minimum absolute atomic E-state index is 0.233. The van der Waals surface area contributed by atoms with Crippen LogP contribution in [0.25, 0.3) is 28.6 Å². The highest BCUT2D eigenvalue weighted by atomic mass is 32.2. The first-order chi connectivity index (χ1) is 16.4. The maximum atomic E-state index is 12.6. The van der Waals surface area contributed by atoms with Gasteiger partial charge >= 0.3 is 0 Å². The number of amides is 1. The summed E-state index contributed by atoms with van der Waals surface area (Å²) >= 11 is 0. The van der Waals surface area contributed by atoms with E-state index in [0.717, 1.165) is 22.2 Å². The van der Waals surface area contributed by atoms with E-state index in [1.165, 1.54) is 10.4 Å². The monoisotopic (exact) mass is 475 g/mol. The molecule has 0 saturated carbocycles. The molecule has 3 aromatic carbocycles. The van der Waals surface area contributed by atoms with Crippen LogP contribution in [0.2, 0.25) is 0 Å². The van der Waals surface area contributed by atoms with Crippen LogP contribution >= 0.6 is 0 Å². The fraction of sp³-hybridized carbons (Fsp3) is 0.154. The molecule has 4 rings (SSSR count). The van der Waals surface area contributed by atoms with Gasteiger partial charge in [-0.2, -0.15) is 4.31 Å². The molecule has 174 valence electrons. The van der Waals surface area contributed by atoms with Gasteiger partial charge in [-0.1, -0.05) is 38.1 Å². The standard InChI is InChI=1S/C26H25N3O4S/c1-3-29(4-2)34(31,32)22-16-9-19(10-17-22)11-18-25(30)27-21-14-12-20(13-15-21)26-28-23-7-5-6-8-24(23)33-26/h5-18H,3-4H2,1-2H3,(H,27,30)/b18-11+. The van der Waals surface area contributed by atoms with Gasteiger partial charge in [0, 0.05) is 30.4 Å². The highest BCUT2D eigenvalue weighted by Gasteiger charge is 2.20. The second kappa shape index (κ2) is 10.0. The number of sulfonamides is 1. The Morgan fingerprint density at radius 2 is 1.65 bits per heavy atom. The largest absolute Gasteiger partial charge is 0.436 e. The topological polar surface area (TPSA) is 92.5 Å². The molecule has 0 spiro atoms. The molecular formula is C26H25N3O4S. The summed E-state index contributed by atoms with van der Waals surface area (Å²) in [7, 11) is -3.50. The maximum Gasteiger partial charge on any atom is 0.248 e. The Morgan fingerprint density at radius 3 is 2.29 bits per heavy atom. The van der Waals surface area contributed by atoms with Gasteiger partial charge in [0.15, 0.2) is 5.58 Å². The van der Waals surface area contributed by atoms with E-state index in [-0.39, 0.29) is 10.8 Å². The molecule has 4 aromatic rings. The first-order valence-corrected chi connectivity index (χ1v) is 12.4. The summed E-state index contributed by atoms with van der Waals surface area (Å²) in [5.41, 5.74) is 3.68. The number of carbonyl (C=O) groups excluding carboxylic acids is 1. The number of aromatic nitrogens is 1. The molecule has 0 radical (unpaired) electrons. The molecule has 1 heterocycles. The number of oxazole rings is 1. The molecule has 0 aliphatic heterocycles. The molecule has 0 bridgehead atoms. The first-order valence-electron chi connectivity index (χ1n) is 11.0. The normalized spacial score (nSPS) is 12.0. The number of nitrogens with zero attached hydrogens (tertiary/aromatic N) is 2. The highest BCUT2D eigenvalue weighted by molar-refractivity contribution is 7.89. The molecule has 0 atom stereocenters. The van der Waals surface area contributed by atoms with Crippen LogP contribution in [0.1, 0.15) is 19.4 Å². The van der Waals surface area contributed by atoms with Gasteiger partial charge in [0.25, 0.3) is 0 Å². The van der Waals surface area contributed by atoms with Gasteiger partial charge < -0.3 is 9.73 Å². The van der Waals surface area contributed by atoms with Crippen molar-refractivity contribution in [2.75, 3.05) is 18.4 Å². The van der Waals surface area contributed by atoms with Crippen molar-refractivity contribution in [3.8, 4) is 11.5 Å². The minimum Gasteiger partial charge on any atom is -0.436 e. The second-order valence-electron chi connectivity index (χ2n) is 7.55. The number of anilines is 1. The summed E-state index contributed by atoms with van der Waals surface area (Å²) in [4.78, 5) is 17.0. The summed E-state index contributed by atoms with van der Waals surface area (Å²) in [6.07, 6.45) is 3.04. The number of hydrogen-bond acceptors (Lipinski definition) is 5. The lowest BCUT2D eigenvalue weighted by atomic mass is 10.2. The minimum atomic E-state index is -3.50. The first kappa shape index (κ1) is 23.4. The van der Waals surface area contributed by atoms with Gasteiger partial charge in [0.1, 0.15) is 5.52 Å². The summed E-state index contributed by atoms with van der Waals surface area (Å²) in [5, 5.41) is 2.80. The third kappa shape index (κ3) is 5.08. The molecule has 34 heavy (non-hydrogen) atoms. The number of hydrogen-bond donors (Lipinski definition) is 1. The van der Waals surface area contributed by atoms with Gasteiger partial charge in [-0.25, -0.2) is 13.4 Å². The lowest BCUT2D eigenvalue weighted by molar-refractivity contribution is -0.111. The Bertz CT molecular complexity index is 1390. The van der Waals surface area contributed by atoms with Crippen LogP contribution in [-0.2, 0) is 14.8 Å². The van der Waals surface area contributed by atoms with Crippen molar-refractivity contribution in [2.24, 2.45) is 0 Å². The second-order valence-corrected chi connectivity index (χ2v) is 9.48. The van der Waals surface area contributed by atoms with Crippen LogP contribution in [-0.4, -0.2) is 36.7 Å². The summed E-state index contributed by atoms with van der Waals surface area (Å²) in [6.45, 7) is 4.44. The van der Waals surface area contributed by atoms with Crippen molar-refractivity contribution in [1.29, 1.82) is 0 Å². The molecule has 0 unspecified atom stereocenters. The predicted octanol–water partition coefficient (Wildman–Crippen LogP) is 5.18. The van der Waals surface area contributed by atoms with Gasteiger partial charge in [0.05, 0.1) is 4.90 Å². The van der Waals surface area contributed by atoms with Crippen molar-refractivity contribution in [2.45, 2.75) is 18.7 Å². The van der Waals surface area contributed by atoms with Crippen molar-refractivity contribution in [3.05, 3.63) is 84.4 Å². The zero-order valence-corrected chi connectivity index (χ0v) is 19.7. The molecule has 1 N–H and O–H groups in total. The third-order valence-electron chi connectivity index (χ3n) is 5.34. The molecule has 0 fully saturated rings. The van der Waals surface area contributed by atoms with Crippen LogP contribution in [0.4, 0.5) is 5.69 Å². The highest BCUT2D eigenvalue weighted by Crippen LogP contribution is 2.25. The quantitative estimate of drug-likeness (QED) is 0.355. The number of fused-ring (bicyclic) bond motifs is 1. The Balaban J connectivity index is 1.39. The van der Waals surface area contributed by atoms with E-state index in [1.807, 2.05) is 36.4 Å². The molecule has 0 aliphatic carbocycles. The van der Waals surface area contributed by atoms with Crippen LogP contribution in [0.3, 0.4) is 0 Å². The van der Waals surface area contributed by atoms with E-state index < -0.39 is 10.0 Å². The summed E-state index contributed by atoms with van der Waals surface area (Å²) in [6, 6.07) is 21.2. The van der Waals surface area contributed by atoms with Gasteiger partial charge in [-0.05, 0) is 60.2 Å².